The summed E-state index contributed by atoms with van der Waals surface area (Å²) in [6.45, 7) is 0.742. The van der Waals surface area contributed by atoms with Crippen LogP contribution >= 0.6 is 0 Å². The van der Waals surface area contributed by atoms with Gasteiger partial charge in [-0.1, -0.05) is 0 Å². The molecule has 0 spiro atoms. The van der Waals surface area contributed by atoms with Crippen LogP contribution in [-0.2, 0) is 14.4 Å². The lowest BCUT2D eigenvalue weighted by molar-refractivity contribution is 0.230. The number of hydrogen-bond donors (Lipinski definition) is 1. The van der Waals surface area contributed by atoms with Gasteiger partial charge in [0, 0.05) is 7.05 Å². The van der Waals surface area contributed by atoms with E-state index in [2.05, 4.69) is 9.76 Å². The van der Waals surface area contributed by atoms with Gasteiger partial charge in [0.25, 0.3) is 10.1 Å². The molecule has 0 atom stereocenters. The van der Waals surface area contributed by atoms with Crippen molar-refractivity contribution in [2.24, 2.45) is 0 Å². The van der Waals surface area contributed by atoms with Crippen LogP contribution in [0.5, 0.6) is 0 Å². The second kappa shape index (κ2) is 5.47. The van der Waals surface area contributed by atoms with Crippen molar-refractivity contribution >= 4 is 10.1 Å². The fourth-order valence-electron chi connectivity index (χ4n) is 0.726. The van der Waals surface area contributed by atoms with Gasteiger partial charge in [-0.2, -0.15) is 18.2 Å². The summed E-state index contributed by atoms with van der Waals surface area (Å²) in [5.74, 6) is 0.0476. The fraction of sp³-hybridized carbons (Fsp3) is 1.00. The third kappa shape index (κ3) is 6.53. The molecule has 0 aliphatic rings. The van der Waals surface area contributed by atoms with Crippen LogP contribution in [0.3, 0.4) is 0 Å². The smallest absolute Gasteiger partial charge is 0.283 e. The van der Waals surface area contributed by atoms with Crippen LogP contribution in [-0.4, -0.2) is 46.8 Å². The molecule has 0 amide bonds. The van der Waals surface area contributed by atoms with Crippen molar-refractivity contribution in [1.82, 2.24) is 10.4 Å². The fourth-order valence-corrected chi connectivity index (χ4v) is 1.55. The second-order valence-electron chi connectivity index (χ2n) is 2.71. The molecule has 5 nitrogen and oxygen atoms in total. The minimum absolute atomic E-state index is 0.0476. The summed E-state index contributed by atoms with van der Waals surface area (Å²) >= 11 is 0. The number of nitrogens with one attached hydrogen (secondary N) is 1. The second-order valence-corrected chi connectivity index (χ2v) is 4.40. The predicted octanol–water partition coefficient (Wildman–Crippen LogP) is -0.581. The molecule has 0 aliphatic heterocycles. The molecule has 12 heavy (non-hydrogen) atoms. The van der Waals surface area contributed by atoms with E-state index >= 15 is 0 Å². The van der Waals surface area contributed by atoms with Gasteiger partial charge in [-0.05, 0) is 27.1 Å². The van der Waals surface area contributed by atoms with Crippen molar-refractivity contribution in [3.63, 3.8) is 0 Å². The van der Waals surface area contributed by atoms with Crippen molar-refractivity contribution in [1.29, 1.82) is 0 Å². The van der Waals surface area contributed by atoms with Gasteiger partial charge in [0.15, 0.2) is 0 Å². The molecule has 0 saturated carbocycles. The highest BCUT2D eigenvalue weighted by molar-refractivity contribution is 7.86. The number of hydrogen-bond acceptors (Lipinski definition) is 5. The Hall–Kier alpha value is -0.170. The first kappa shape index (κ1) is 11.8. The zero-order valence-electron chi connectivity index (χ0n) is 7.70. The van der Waals surface area contributed by atoms with Crippen molar-refractivity contribution < 1.29 is 12.7 Å². The SMILES string of the molecule is CNOS(=O)(=O)CCCN(C)C. The van der Waals surface area contributed by atoms with Crippen molar-refractivity contribution in [2.75, 3.05) is 33.4 Å². The maximum Gasteiger partial charge on any atom is 0.283 e. The van der Waals surface area contributed by atoms with E-state index in [9.17, 15) is 8.42 Å². The Bertz CT molecular complexity index is 201. The lowest BCUT2D eigenvalue weighted by Gasteiger charge is -2.08. The van der Waals surface area contributed by atoms with Crippen LogP contribution in [0.1, 0.15) is 6.42 Å². The van der Waals surface area contributed by atoms with Crippen LogP contribution in [0.15, 0.2) is 0 Å². The monoisotopic (exact) mass is 196 g/mol. The molecule has 0 heterocycles. The molecule has 0 aromatic heterocycles. The van der Waals surface area contributed by atoms with Crippen LogP contribution in [0.4, 0.5) is 0 Å². The van der Waals surface area contributed by atoms with Gasteiger partial charge < -0.3 is 4.90 Å². The normalized spacial score (nSPS) is 12.3. The molecule has 0 unspecified atom stereocenters. The number of rotatable bonds is 6. The first-order valence-corrected chi connectivity index (χ1v) is 5.28. The highest BCUT2D eigenvalue weighted by Crippen LogP contribution is 1.94. The van der Waals surface area contributed by atoms with Crippen LogP contribution < -0.4 is 5.48 Å². The first-order valence-electron chi connectivity index (χ1n) is 3.70. The quantitative estimate of drug-likeness (QED) is 0.576. The molecule has 1 N–H and O–H groups in total. The zero-order chi connectivity index (χ0) is 9.61. The Kier molecular flexibility index (Phi) is 5.39. The van der Waals surface area contributed by atoms with Gasteiger partial charge in [-0.3, -0.25) is 0 Å². The molecule has 0 aromatic carbocycles. The van der Waals surface area contributed by atoms with Gasteiger partial charge in [-0.15, -0.1) is 0 Å². The van der Waals surface area contributed by atoms with Crippen molar-refractivity contribution in [3.8, 4) is 0 Å². The lowest BCUT2D eigenvalue weighted by atomic mass is 10.5. The number of nitrogens with zero attached hydrogens (tertiary/aromatic N) is 1. The Labute approximate surface area is 73.8 Å². The van der Waals surface area contributed by atoms with Gasteiger partial charge in [0.2, 0.25) is 0 Å². The lowest BCUT2D eigenvalue weighted by Crippen LogP contribution is -2.22. The minimum atomic E-state index is -3.37. The highest BCUT2D eigenvalue weighted by atomic mass is 32.2. The van der Waals surface area contributed by atoms with E-state index in [-0.39, 0.29) is 5.75 Å². The molecule has 0 radical (unpaired) electrons. The zero-order valence-corrected chi connectivity index (χ0v) is 8.52. The Balaban J connectivity index is 3.62. The summed E-state index contributed by atoms with van der Waals surface area (Å²) in [5.41, 5.74) is 2.14. The molecule has 0 aromatic rings. The van der Waals surface area contributed by atoms with E-state index in [1.807, 2.05) is 19.0 Å². The molecule has 0 rings (SSSR count). The molecule has 0 bridgehead atoms. The van der Waals surface area contributed by atoms with Crippen LogP contribution in [0.25, 0.3) is 0 Å². The van der Waals surface area contributed by atoms with E-state index in [1.165, 1.54) is 7.05 Å². The summed E-state index contributed by atoms with van der Waals surface area (Å²) in [4.78, 5) is 1.93. The predicted molar refractivity (Wildman–Crippen MR) is 47.1 cm³/mol. The Morgan fingerprint density at radius 3 is 2.42 bits per heavy atom. The van der Waals surface area contributed by atoms with E-state index in [0.717, 1.165) is 6.54 Å². The van der Waals surface area contributed by atoms with Gasteiger partial charge in [0.1, 0.15) is 0 Å². The average molecular weight is 196 g/mol. The summed E-state index contributed by atoms with van der Waals surface area (Å²) < 4.78 is 26.1. The summed E-state index contributed by atoms with van der Waals surface area (Å²) in [6, 6.07) is 0. The van der Waals surface area contributed by atoms with E-state index in [1.54, 1.807) is 0 Å². The molecule has 74 valence electrons. The molecular formula is C6H16N2O3S. The van der Waals surface area contributed by atoms with E-state index < -0.39 is 10.1 Å². The third-order valence-corrected chi connectivity index (χ3v) is 2.42. The largest absolute Gasteiger partial charge is 0.309 e. The molecule has 0 saturated heterocycles. The average Bonchev–Trinajstić information content (AvgIpc) is 1.85. The van der Waals surface area contributed by atoms with Crippen LogP contribution in [0, 0.1) is 0 Å². The molecule has 0 fully saturated rings. The topological polar surface area (TPSA) is 58.6 Å². The molecular weight excluding hydrogens is 180 g/mol. The van der Waals surface area contributed by atoms with Gasteiger partial charge in [-0.25, -0.2) is 0 Å². The van der Waals surface area contributed by atoms with E-state index in [4.69, 9.17) is 0 Å². The van der Waals surface area contributed by atoms with Crippen LogP contribution in [0.2, 0.25) is 0 Å². The highest BCUT2D eigenvalue weighted by Gasteiger charge is 2.09. The van der Waals surface area contributed by atoms with Gasteiger partial charge in [0.05, 0.1) is 5.75 Å². The summed E-state index contributed by atoms with van der Waals surface area (Å²) in [5, 5.41) is 0. The maximum absolute atomic E-state index is 10.9. The first-order chi connectivity index (χ1) is 5.48. The maximum atomic E-state index is 10.9. The Morgan fingerprint density at radius 2 is 2.00 bits per heavy atom. The van der Waals surface area contributed by atoms with E-state index in [0.29, 0.717) is 6.42 Å². The molecule has 0 aliphatic carbocycles. The number of hydroxylamine groups is 1. The molecule has 6 heteroatoms. The summed E-state index contributed by atoms with van der Waals surface area (Å²) in [6.07, 6.45) is 0.580. The summed E-state index contributed by atoms with van der Waals surface area (Å²) in [7, 11) is 1.84. The van der Waals surface area contributed by atoms with Crippen molar-refractivity contribution in [3.05, 3.63) is 0 Å². The minimum Gasteiger partial charge on any atom is -0.309 e. The third-order valence-electron chi connectivity index (χ3n) is 1.21. The van der Waals surface area contributed by atoms with Crippen molar-refractivity contribution in [2.45, 2.75) is 6.42 Å². The standard InChI is InChI=1S/C6H16N2O3S/c1-7-11-12(9,10)6-4-5-8(2)3/h7H,4-6H2,1-3H3. The Morgan fingerprint density at radius 1 is 1.42 bits per heavy atom. The van der Waals surface area contributed by atoms with Gasteiger partial charge >= 0.3 is 0 Å².